The van der Waals surface area contributed by atoms with Gasteiger partial charge in [-0.2, -0.15) is 0 Å². The van der Waals surface area contributed by atoms with Crippen LogP contribution >= 0.6 is 0 Å². The van der Waals surface area contributed by atoms with Gasteiger partial charge in [-0.3, -0.25) is 9.59 Å². The first-order valence-corrected chi connectivity index (χ1v) is 8.07. The highest BCUT2D eigenvalue weighted by molar-refractivity contribution is 6.28. The lowest BCUT2D eigenvalue weighted by Crippen LogP contribution is -2.31. The molecule has 3 heteroatoms. The lowest BCUT2D eigenvalue weighted by Gasteiger charge is -2.32. The van der Waals surface area contributed by atoms with Crippen molar-refractivity contribution in [2.24, 2.45) is 0 Å². The van der Waals surface area contributed by atoms with Gasteiger partial charge in [0.1, 0.15) is 12.4 Å². The van der Waals surface area contributed by atoms with Crippen molar-refractivity contribution in [1.29, 1.82) is 0 Å². The summed E-state index contributed by atoms with van der Waals surface area (Å²) >= 11 is 0. The summed E-state index contributed by atoms with van der Waals surface area (Å²) in [7, 11) is 0. The molecule has 0 spiro atoms. The van der Waals surface area contributed by atoms with Gasteiger partial charge < -0.3 is 4.74 Å². The number of carbonyl (C=O) groups excluding carboxylic acids is 2. The summed E-state index contributed by atoms with van der Waals surface area (Å²) < 4.78 is 5.89. The van der Waals surface area contributed by atoms with Crippen LogP contribution in [0.5, 0.6) is 0 Å². The minimum atomic E-state index is -0.0781. The van der Waals surface area contributed by atoms with Gasteiger partial charge in [0.05, 0.1) is 0 Å². The van der Waals surface area contributed by atoms with Gasteiger partial charge in [0.15, 0.2) is 11.6 Å². The molecule has 0 atom stereocenters. The Morgan fingerprint density at radius 3 is 2.08 bits per heavy atom. The molecule has 0 aromatic heterocycles. The van der Waals surface area contributed by atoms with Crippen LogP contribution in [0.15, 0.2) is 71.0 Å². The van der Waals surface area contributed by atoms with Gasteiger partial charge in [-0.05, 0) is 11.1 Å². The van der Waals surface area contributed by atoms with E-state index in [1.807, 2.05) is 12.1 Å². The maximum absolute atomic E-state index is 13.1. The van der Waals surface area contributed by atoms with Crippen LogP contribution in [0.4, 0.5) is 0 Å². The zero-order chi connectivity index (χ0) is 16.3. The lowest BCUT2D eigenvalue weighted by atomic mass is 9.76. The SMILES string of the molecule is O=C1C2=C(C(=O)c3ccccc31)C1=C(Cc3ccccc3C1)OC2. The summed E-state index contributed by atoms with van der Waals surface area (Å²) in [4.78, 5) is 25.9. The van der Waals surface area contributed by atoms with Gasteiger partial charge in [-0.15, -0.1) is 0 Å². The van der Waals surface area contributed by atoms with Gasteiger partial charge in [0, 0.05) is 40.7 Å². The van der Waals surface area contributed by atoms with E-state index in [4.69, 9.17) is 4.74 Å². The highest BCUT2D eigenvalue weighted by Gasteiger charge is 2.38. The van der Waals surface area contributed by atoms with Crippen molar-refractivity contribution in [2.45, 2.75) is 12.8 Å². The largest absolute Gasteiger partial charge is 0.492 e. The van der Waals surface area contributed by atoms with E-state index < -0.39 is 0 Å². The second kappa shape index (κ2) is 4.78. The minimum absolute atomic E-state index is 0.0459. The van der Waals surface area contributed by atoms with Gasteiger partial charge in [0.2, 0.25) is 0 Å². The van der Waals surface area contributed by atoms with Crippen LogP contribution < -0.4 is 0 Å². The molecule has 0 N–H and O–H groups in total. The molecule has 116 valence electrons. The van der Waals surface area contributed by atoms with E-state index in [9.17, 15) is 9.59 Å². The summed E-state index contributed by atoms with van der Waals surface area (Å²) in [6.07, 6.45) is 1.33. The van der Waals surface area contributed by atoms with Gasteiger partial charge >= 0.3 is 0 Å². The number of hydrogen-bond donors (Lipinski definition) is 0. The van der Waals surface area contributed by atoms with Crippen molar-refractivity contribution in [3.8, 4) is 0 Å². The number of carbonyl (C=O) groups is 2. The van der Waals surface area contributed by atoms with Crippen LogP contribution in [0.3, 0.4) is 0 Å². The van der Waals surface area contributed by atoms with E-state index in [0.29, 0.717) is 35.1 Å². The van der Waals surface area contributed by atoms with Gasteiger partial charge in [0.25, 0.3) is 0 Å². The number of hydrogen-bond acceptors (Lipinski definition) is 3. The molecule has 1 heterocycles. The normalized spacial score (nSPS) is 18.5. The number of benzene rings is 2. The van der Waals surface area contributed by atoms with Crippen molar-refractivity contribution in [2.75, 3.05) is 6.61 Å². The summed E-state index contributed by atoms with van der Waals surface area (Å²) in [6, 6.07) is 15.3. The maximum Gasteiger partial charge on any atom is 0.194 e. The molecule has 24 heavy (non-hydrogen) atoms. The van der Waals surface area contributed by atoms with E-state index in [1.54, 1.807) is 24.3 Å². The zero-order valence-corrected chi connectivity index (χ0v) is 13.0. The van der Waals surface area contributed by atoms with E-state index in [0.717, 1.165) is 11.3 Å². The molecule has 3 aliphatic rings. The third-order valence-electron chi connectivity index (χ3n) is 5.08. The fraction of sp³-hybridized carbons (Fsp3) is 0.143. The average Bonchev–Trinajstić information content (AvgIpc) is 2.63. The third-order valence-corrected chi connectivity index (χ3v) is 5.08. The standard InChI is InChI=1S/C21H14O3/c22-20-14-7-3-4-8-15(14)21(23)19-16-9-12-5-1-2-6-13(12)10-18(16)24-11-17(19)20/h1-8H,9-11H2. The fourth-order valence-corrected chi connectivity index (χ4v) is 3.88. The molecule has 0 unspecified atom stereocenters. The predicted octanol–water partition coefficient (Wildman–Crippen LogP) is 3.45. The Morgan fingerprint density at radius 2 is 1.33 bits per heavy atom. The lowest BCUT2D eigenvalue weighted by molar-refractivity contribution is 0.0946. The number of ketones is 2. The monoisotopic (exact) mass is 314 g/mol. The molecule has 0 radical (unpaired) electrons. The topological polar surface area (TPSA) is 43.4 Å². The van der Waals surface area contributed by atoms with E-state index in [-0.39, 0.29) is 18.2 Å². The number of fused-ring (bicyclic) bond motifs is 3. The van der Waals surface area contributed by atoms with E-state index in [2.05, 4.69) is 12.1 Å². The molecule has 0 bridgehead atoms. The van der Waals surface area contributed by atoms with Crippen molar-refractivity contribution >= 4 is 11.6 Å². The van der Waals surface area contributed by atoms with Crippen LogP contribution in [0.1, 0.15) is 31.8 Å². The molecule has 1 aliphatic heterocycles. The molecule has 0 fully saturated rings. The van der Waals surface area contributed by atoms with Crippen molar-refractivity contribution in [3.63, 3.8) is 0 Å². The first-order chi connectivity index (χ1) is 11.7. The summed E-state index contributed by atoms with van der Waals surface area (Å²) in [5, 5.41) is 0. The van der Waals surface area contributed by atoms with Crippen molar-refractivity contribution in [1.82, 2.24) is 0 Å². The Kier molecular flexibility index (Phi) is 2.69. The van der Waals surface area contributed by atoms with Crippen molar-refractivity contribution in [3.05, 3.63) is 93.3 Å². The molecular weight excluding hydrogens is 300 g/mol. The number of ether oxygens (including phenoxy) is 1. The molecule has 5 rings (SSSR count). The highest BCUT2D eigenvalue weighted by Crippen LogP contribution is 2.40. The number of rotatable bonds is 0. The van der Waals surface area contributed by atoms with Crippen LogP contribution in [-0.2, 0) is 17.6 Å². The maximum atomic E-state index is 13.1. The second-order valence-corrected chi connectivity index (χ2v) is 6.37. The first kappa shape index (κ1) is 13.5. The molecule has 0 amide bonds. The van der Waals surface area contributed by atoms with Crippen LogP contribution in [0, 0.1) is 0 Å². The predicted molar refractivity (Wildman–Crippen MR) is 89.0 cm³/mol. The Hall–Kier alpha value is -2.94. The second-order valence-electron chi connectivity index (χ2n) is 6.37. The number of Topliss-reactive ketones (excluding diaryl/α,β-unsaturated/α-hetero) is 2. The number of allylic oxidation sites excluding steroid dienone is 3. The highest BCUT2D eigenvalue weighted by atomic mass is 16.5. The molecular formula is C21H14O3. The Bertz CT molecular complexity index is 992. The average molecular weight is 314 g/mol. The molecule has 0 saturated heterocycles. The fourth-order valence-electron chi connectivity index (χ4n) is 3.88. The van der Waals surface area contributed by atoms with Crippen LogP contribution in [-0.4, -0.2) is 18.2 Å². The van der Waals surface area contributed by atoms with Gasteiger partial charge in [-0.1, -0.05) is 48.5 Å². The smallest absolute Gasteiger partial charge is 0.194 e. The minimum Gasteiger partial charge on any atom is -0.492 e. The quantitative estimate of drug-likeness (QED) is 0.748. The Labute approximate surface area is 139 Å². The molecule has 2 aliphatic carbocycles. The Balaban J connectivity index is 1.69. The molecule has 3 nitrogen and oxygen atoms in total. The van der Waals surface area contributed by atoms with E-state index >= 15 is 0 Å². The third kappa shape index (κ3) is 1.72. The summed E-state index contributed by atoms with van der Waals surface area (Å²) in [5.74, 6) is 0.717. The summed E-state index contributed by atoms with van der Waals surface area (Å²) in [5.41, 5.74) is 5.41. The molecule has 2 aromatic carbocycles. The van der Waals surface area contributed by atoms with E-state index in [1.165, 1.54) is 11.1 Å². The Morgan fingerprint density at radius 1 is 0.708 bits per heavy atom. The van der Waals surface area contributed by atoms with Crippen LogP contribution in [0.2, 0.25) is 0 Å². The molecule has 0 saturated carbocycles. The van der Waals surface area contributed by atoms with Gasteiger partial charge in [-0.25, -0.2) is 0 Å². The summed E-state index contributed by atoms with van der Waals surface area (Å²) in [6.45, 7) is 0.190. The molecule has 2 aromatic rings. The van der Waals surface area contributed by atoms with Crippen LogP contribution in [0.25, 0.3) is 0 Å². The first-order valence-electron chi connectivity index (χ1n) is 8.07. The van der Waals surface area contributed by atoms with Crippen molar-refractivity contribution < 1.29 is 14.3 Å². The zero-order valence-electron chi connectivity index (χ0n) is 13.0.